The molecule has 0 spiro atoms. The monoisotopic (exact) mass is 1120 g/mol. The highest BCUT2D eigenvalue weighted by Crippen LogP contribution is 2.38. The van der Waals surface area contributed by atoms with E-state index in [0.717, 1.165) is 136 Å². The molecule has 0 bridgehead atoms. The molecule has 0 saturated heterocycles. The highest BCUT2D eigenvalue weighted by molar-refractivity contribution is 6.28. The first-order valence-electron chi connectivity index (χ1n) is 25.9. The molecule has 24 nitrogen and oxygen atoms in total. The minimum Gasteiger partial charge on any atom is -0.493 e. The number of pyridine rings is 2. The van der Waals surface area contributed by atoms with Gasteiger partial charge in [-0.3, -0.25) is 29.4 Å². The Kier molecular flexibility index (Phi) is 25.6. The van der Waals surface area contributed by atoms with E-state index in [9.17, 15) is 9.59 Å². The van der Waals surface area contributed by atoms with Crippen LogP contribution >= 0.6 is 0 Å². The number of nitrogens with zero attached hydrogens (tertiary/aromatic N) is 4. The van der Waals surface area contributed by atoms with E-state index in [-0.39, 0.29) is 11.8 Å². The lowest BCUT2D eigenvalue weighted by molar-refractivity contribution is -0.159. The van der Waals surface area contributed by atoms with Gasteiger partial charge in [-0.2, -0.15) is 0 Å². The quantitative estimate of drug-likeness (QED) is 0.0709. The van der Waals surface area contributed by atoms with Gasteiger partial charge in [-0.25, -0.2) is 28.8 Å². The van der Waals surface area contributed by atoms with Crippen LogP contribution in [0.4, 0.5) is 11.4 Å². The molecule has 24 heteroatoms. The molecule has 8 N–H and O–H groups in total. The van der Waals surface area contributed by atoms with E-state index >= 15 is 0 Å². The van der Waals surface area contributed by atoms with Gasteiger partial charge >= 0.3 is 35.8 Å². The molecule has 8 rings (SSSR count). The first kappa shape index (κ1) is 64.1. The number of aromatic nitrogens is 2. The lowest BCUT2D eigenvalue weighted by Gasteiger charge is -2.23. The van der Waals surface area contributed by atoms with E-state index in [0.29, 0.717) is 13.1 Å². The number of aryl methyl sites for hydroxylation is 4. The summed E-state index contributed by atoms with van der Waals surface area (Å²) in [5, 5.41) is 50.9. The van der Waals surface area contributed by atoms with Gasteiger partial charge in [0, 0.05) is 35.9 Å². The number of amides is 2. The van der Waals surface area contributed by atoms with Gasteiger partial charge in [0.15, 0.2) is 23.0 Å². The first-order chi connectivity index (χ1) is 38.1. The smallest absolute Gasteiger partial charge is 0.414 e. The predicted octanol–water partition coefficient (Wildman–Crippen LogP) is 4.63. The Morgan fingerprint density at radius 2 is 0.700 bits per heavy atom. The maximum Gasteiger partial charge on any atom is 0.414 e. The van der Waals surface area contributed by atoms with Crippen molar-refractivity contribution < 1.29 is 87.9 Å². The average molecular weight is 1120 g/mol. The van der Waals surface area contributed by atoms with Crippen molar-refractivity contribution in [1.29, 1.82) is 0 Å². The number of carbonyl (C=O) groups excluding carboxylic acids is 2. The Morgan fingerprint density at radius 1 is 0.425 bits per heavy atom. The van der Waals surface area contributed by atoms with Crippen LogP contribution in [0.25, 0.3) is 0 Å². The summed E-state index contributed by atoms with van der Waals surface area (Å²) >= 11 is 0. The van der Waals surface area contributed by atoms with Crippen molar-refractivity contribution in [2.75, 3.05) is 79.3 Å². The number of methoxy groups -OCH3 is 4. The fourth-order valence-electron chi connectivity index (χ4n) is 9.52. The molecular formula is C56H72N6O18. The van der Waals surface area contributed by atoms with Crippen molar-refractivity contribution in [3.8, 4) is 23.0 Å². The van der Waals surface area contributed by atoms with Crippen LogP contribution in [0, 0.1) is 0 Å². The first-order valence-corrected chi connectivity index (χ1v) is 25.9. The molecule has 2 amide bonds. The number of fused-ring (bicyclic) bond motifs is 4. The van der Waals surface area contributed by atoms with Crippen molar-refractivity contribution in [2.45, 2.75) is 103 Å². The van der Waals surface area contributed by atoms with Crippen LogP contribution in [0.1, 0.15) is 94.7 Å². The number of anilines is 2. The number of carboxylic acid groups (broad SMARTS) is 6. The Balaban J connectivity index is 0.000000264. The van der Waals surface area contributed by atoms with Gasteiger partial charge in [-0.05, 0) is 174 Å². The van der Waals surface area contributed by atoms with E-state index in [1.807, 2.05) is 50.5 Å². The molecule has 4 aromatic rings. The summed E-state index contributed by atoms with van der Waals surface area (Å²) in [5.74, 6) is -7.90. The molecule has 434 valence electrons. The molecule has 0 unspecified atom stereocenters. The summed E-state index contributed by atoms with van der Waals surface area (Å²) in [7, 11) is 10.6. The summed E-state index contributed by atoms with van der Waals surface area (Å²) in [6.07, 6.45) is 17.0. The van der Waals surface area contributed by atoms with E-state index < -0.39 is 35.8 Å². The summed E-state index contributed by atoms with van der Waals surface area (Å²) in [4.78, 5) is 94.4. The molecule has 4 aliphatic carbocycles. The molecule has 2 aromatic carbocycles. The second-order valence-electron chi connectivity index (χ2n) is 19.1. The number of aliphatic carboxylic acids is 6. The molecule has 80 heavy (non-hydrogen) atoms. The minimum atomic E-state index is -1.82. The average Bonchev–Trinajstić information content (AvgIpc) is 4.19. The Morgan fingerprint density at radius 3 is 0.988 bits per heavy atom. The Labute approximate surface area is 463 Å². The summed E-state index contributed by atoms with van der Waals surface area (Å²) in [6.45, 7) is 2.32. The SMILES string of the molecule is COc1ccc(CCN(C)CC(=O)Nc2c3c(nc4c2CCC4)CCCC3)cc1OC.COc1ccc(CCN(C)CC(=O)Nc2c3c(nc4c2CCC4)CCCC3)cc1OC.O=C(O)C(=O)O.O=C(O)C(=O)O.O=C(O)C(=O)O. The van der Waals surface area contributed by atoms with Crippen LogP contribution in [-0.2, 0) is 103 Å². The van der Waals surface area contributed by atoms with Crippen LogP contribution < -0.4 is 29.6 Å². The van der Waals surface area contributed by atoms with Crippen molar-refractivity contribution in [3.05, 3.63) is 92.6 Å². The molecule has 0 fully saturated rings. The topological polar surface area (TPSA) is 351 Å². The number of hydrogen-bond acceptors (Lipinski definition) is 16. The molecule has 2 aromatic heterocycles. The van der Waals surface area contributed by atoms with E-state index in [2.05, 4.69) is 20.4 Å². The maximum atomic E-state index is 12.9. The fraction of sp³-hybridized carbons (Fsp3) is 0.464. The molecule has 4 aliphatic rings. The Bertz CT molecular complexity index is 2630. The van der Waals surface area contributed by atoms with Gasteiger partial charge in [0.25, 0.3) is 0 Å². The van der Waals surface area contributed by atoms with Crippen LogP contribution in [0.15, 0.2) is 36.4 Å². The second-order valence-corrected chi connectivity index (χ2v) is 19.1. The number of hydrogen-bond donors (Lipinski definition) is 8. The number of ether oxygens (including phenoxy) is 4. The van der Waals surface area contributed by atoms with Gasteiger partial charge in [0.05, 0.1) is 52.9 Å². The van der Waals surface area contributed by atoms with E-state index in [4.69, 9.17) is 88.3 Å². The fourth-order valence-corrected chi connectivity index (χ4v) is 9.52. The normalized spacial score (nSPS) is 13.2. The van der Waals surface area contributed by atoms with Crippen molar-refractivity contribution >= 4 is 59.0 Å². The molecule has 0 saturated carbocycles. The molecule has 0 radical (unpaired) electrons. The summed E-state index contributed by atoms with van der Waals surface area (Å²) in [6, 6.07) is 11.9. The number of nitrogens with one attached hydrogen (secondary N) is 2. The Hall–Kier alpha value is -8.38. The summed E-state index contributed by atoms with van der Waals surface area (Å²) in [5.41, 5.74) is 14.4. The largest absolute Gasteiger partial charge is 0.493 e. The van der Waals surface area contributed by atoms with E-state index in [1.54, 1.807) is 28.4 Å². The third-order valence-electron chi connectivity index (χ3n) is 13.4. The predicted molar refractivity (Wildman–Crippen MR) is 290 cm³/mol. The van der Waals surface area contributed by atoms with E-state index in [1.165, 1.54) is 70.7 Å². The highest BCUT2D eigenvalue weighted by atomic mass is 16.5. The van der Waals surface area contributed by atoms with Gasteiger partial charge in [0.2, 0.25) is 11.8 Å². The van der Waals surface area contributed by atoms with Gasteiger partial charge in [0.1, 0.15) is 0 Å². The number of likely N-dealkylation sites (N-methyl/N-ethyl adjacent to an activating group) is 2. The lowest BCUT2D eigenvalue weighted by Crippen LogP contribution is -2.32. The number of benzene rings is 2. The molecule has 2 heterocycles. The number of carbonyl (C=O) groups is 8. The third kappa shape index (κ3) is 19.5. The highest BCUT2D eigenvalue weighted by Gasteiger charge is 2.27. The van der Waals surface area contributed by atoms with Crippen molar-refractivity contribution in [2.24, 2.45) is 0 Å². The maximum absolute atomic E-state index is 12.9. The number of carboxylic acids is 6. The zero-order valence-electron chi connectivity index (χ0n) is 46.0. The van der Waals surface area contributed by atoms with Crippen LogP contribution in [0.5, 0.6) is 23.0 Å². The molecular weight excluding hydrogens is 1040 g/mol. The van der Waals surface area contributed by atoms with Crippen LogP contribution in [0.3, 0.4) is 0 Å². The van der Waals surface area contributed by atoms with Gasteiger partial charge in [-0.15, -0.1) is 0 Å². The zero-order valence-corrected chi connectivity index (χ0v) is 46.0. The summed E-state index contributed by atoms with van der Waals surface area (Å²) < 4.78 is 21.4. The van der Waals surface area contributed by atoms with Gasteiger partial charge in [-0.1, -0.05) is 12.1 Å². The van der Waals surface area contributed by atoms with Gasteiger partial charge < -0.3 is 60.2 Å². The lowest BCUT2D eigenvalue weighted by atomic mass is 9.92. The zero-order chi connectivity index (χ0) is 59.1. The van der Waals surface area contributed by atoms with Crippen molar-refractivity contribution in [1.82, 2.24) is 19.8 Å². The van der Waals surface area contributed by atoms with Crippen molar-refractivity contribution in [3.63, 3.8) is 0 Å². The molecule has 0 aliphatic heterocycles. The third-order valence-corrected chi connectivity index (χ3v) is 13.4. The second kappa shape index (κ2) is 31.9. The number of rotatable bonds is 16. The standard InChI is InChI=1S/2C25H33N3O3.3C2H2O4/c2*1-28(14-13-17-11-12-22(30-2)23(15-17)31-3)16-24(29)27-25-18-7-4-5-9-20(18)26-21-10-6-8-19(21)25;3*3-1(4)2(5)6/h2*11-12,15H,4-10,13-14,16H2,1-3H3,(H,26,27,29);3*(H,3,4)(H,5,6). The van der Waals surface area contributed by atoms with Crippen LogP contribution in [-0.4, -0.2) is 167 Å². The molecule has 0 atom stereocenters. The minimum absolute atomic E-state index is 0.0582. The van der Waals surface area contributed by atoms with Crippen LogP contribution in [0.2, 0.25) is 0 Å².